The molecule has 0 atom stereocenters. The predicted octanol–water partition coefficient (Wildman–Crippen LogP) is 5.91. The van der Waals surface area contributed by atoms with Crippen LogP contribution in [0, 0.1) is 0 Å². The number of hydrogen-bond donors (Lipinski definition) is 0. The molecule has 0 bridgehead atoms. The first-order chi connectivity index (χ1) is 13.3. The Hall–Kier alpha value is -2.07. The average molecular weight is 426 g/mol. The Kier molecular flexibility index (Phi) is 5.09. The zero-order chi connectivity index (χ0) is 19.9. The normalized spacial score (nSPS) is 16.0. The molecule has 0 N–H and O–H groups in total. The average Bonchev–Trinajstić information content (AvgIpc) is 3.39. The molecule has 2 heterocycles. The molecule has 148 valence electrons. The van der Waals surface area contributed by atoms with Crippen molar-refractivity contribution in [1.29, 1.82) is 0 Å². The lowest BCUT2D eigenvalue weighted by molar-refractivity contribution is -0.0328. The third-order valence-corrected chi connectivity index (χ3v) is 6.05. The fourth-order valence-electron chi connectivity index (χ4n) is 2.79. The Bertz CT molecular complexity index is 1120. The molecule has 4 rings (SSSR count). The second-order valence-electron chi connectivity index (χ2n) is 6.28. The molecule has 28 heavy (non-hydrogen) atoms. The van der Waals surface area contributed by atoms with E-state index in [0.29, 0.717) is 28.6 Å². The van der Waals surface area contributed by atoms with E-state index in [9.17, 15) is 17.4 Å². The zero-order valence-corrected chi connectivity index (χ0v) is 16.3. The van der Waals surface area contributed by atoms with Crippen molar-refractivity contribution in [2.75, 3.05) is 6.54 Å². The summed E-state index contributed by atoms with van der Waals surface area (Å²) in [5, 5.41) is 0. The van der Waals surface area contributed by atoms with Gasteiger partial charge in [-0.2, -0.15) is 23.8 Å². The number of hydrogen-bond acceptors (Lipinski definition) is 7. The van der Waals surface area contributed by atoms with Gasteiger partial charge in [-0.25, -0.2) is 4.98 Å². The highest BCUT2D eigenvalue weighted by atomic mass is 32.2. The summed E-state index contributed by atoms with van der Waals surface area (Å²) in [7, 11) is -1.62. The summed E-state index contributed by atoms with van der Waals surface area (Å²) >= 11 is -0.214. The molecule has 0 amide bonds. The van der Waals surface area contributed by atoms with Gasteiger partial charge in [-0.1, -0.05) is 11.0 Å². The Labute approximate surface area is 165 Å². The Morgan fingerprint density at radius 1 is 1.32 bits per heavy atom. The molecule has 1 aliphatic carbocycles. The summed E-state index contributed by atoms with van der Waals surface area (Å²) in [5.41, 5.74) is -2.48. The molecule has 1 aromatic carbocycles. The largest absolute Gasteiger partial charge is 0.446 e. The van der Waals surface area contributed by atoms with Crippen LogP contribution in [0.1, 0.15) is 31.2 Å². The highest BCUT2D eigenvalue weighted by molar-refractivity contribution is 8.00. The molecule has 0 radical (unpaired) electrons. The monoisotopic (exact) mass is 426 g/mol. The zero-order valence-electron chi connectivity index (χ0n) is 14.7. The lowest BCUT2D eigenvalue weighted by atomic mass is 10.2. The Morgan fingerprint density at radius 3 is 2.79 bits per heavy atom. The van der Waals surface area contributed by atoms with Gasteiger partial charge in [0, 0.05) is 17.6 Å². The van der Waals surface area contributed by atoms with E-state index in [4.69, 9.17) is 4.42 Å². The molecule has 0 aliphatic heterocycles. The maximum atomic E-state index is 12.6. The van der Waals surface area contributed by atoms with E-state index in [2.05, 4.69) is 14.3 Å². The van der Waals surface area contributed by atoms with Crippen LogP contribution in [0.15, 0.2) is 49.0 Å². The molecule has 10 heteroatoms. The fraction of sp³-hybridized carbons (Fsp3) is 0.333. The number of fused-ring (bicyclic) bond motifs is 1. The first kappa shape index (κ1) is 19.3. The molecule has 2 aromatic heterocycles. The van der Waals surface area contributed by atoms with Gasteiger partial charge in [0.1, 0.15) is 11.2 Å². The first-order valence-electron chi connectivity index (χ1n) is 8.60. The van der Waals surface area contributed by atoms with Gasteiger partial charge < -0.3 is 13.0 Å². The predicted molar refractivity (Wildman–Crippen MR) is 100 cm³/mol. The summed E-state index contributed by atoms with van der Waals surface area (Å²) in [6.45, 7) is 2.17. The second-order valence-corrected chi connectivity index (χ2v) is 8.62. The number of nitrogens with zero attached hydrogens (tertiary/aromatic N) is 3. The third kappa shape index (κ3) is 4.17. The summed E-state index contributed by atoms with van der Waals surface area (Å²) in [4.78, 5) is 9.10. The summed E-state index contributed by atoms with van der Waals surface area (Å²) in [5.74, 6) is 0.533. The molecule has 0 unspecified atom stereocenters. The van der Waals surface area contributed by atoms with Crippen LogP contribution in [0.2, 0.25) is 0 Å². The van der Waals surface area contributed by atoms with E-state index < -0.39 is 16.1 Å². The topological polar surface area (TPSA) is 68.3 Å². The van der Waals surface area contributed by atoms with Gasteiger partial charge in [0.25, 0.3) is 0 Å². The highest BCUT2D eigenvalue weighted by Crippen LogP contribution is 2.41. The van der Waals surface area contributed by atoms with Crippen molar-refractivity contribution in [2.24, 2.45) is 4.36 Å². The van der Waals surface area contributed by atoms with Crippen molar-refractivity contribution >= 4 is 33.5 Å². The lowest BCUT2D eigenvalue weighted by Crippen LogP contribution is -1.98. The van der Waals surface area contributed by atoms with Gasteiger partial charge in [-0.3, -0.25) is 4.98 Å². The van der Waals surface area contributed by atoms with Crippen molar-refractivity contribution in [3.05, 3.63) is 36.0 Å². The van der Waals surface area contributed by atoms with Gasteiger partial charge >= 0.3 is 5.51 Å². The Morgan fingerprint density at radius 2 is 2.11 bits per heavy atom. The minimum absolute atomic E-state index is 0.0154. The SMILES string of the molecule is CCN=[S-](=O)c1cc(C2CC2)cnc1-c1nc2cc(SC(F)(F)F)ccc2o1. The van der Waals surface area contributed by atoms with Crippen molar-refractivity contribution in [1.82, 2.24) is 9.97 Å². The van der Waals surface area contributed by atoms with Gasteiger partial charge in [0.05, 0.1) is 0 Å². The number of halogens is 3. The van der Waals surface area contributed by atoms with Gasteiger partial charge in [-0.15, -0.1) is 0 Å². The highest BCUT2D eigenvalue weighted by Gasteiger charge is 2.29. The fourth-order valence-corrected chi connectivity index (χ4v) is 4.28. The van der Waals surface area contributed by atoms with Gasteiger partial charge in [-0.05, 0) is 61.2 Å². The molecular formula is C18H15F3N3O2S2-. The molecule has 5 nitrogen and oxygen atoms in total. The number of benzene rings is 1. The Balaban J connectivity index is 1.78. The van der Waals surface area contributed by atoms with Crippen molar-refractivity contribution in [3.63, 3.8) is 0 Å². The molecule has 1 aliphatic rings. The number of aromatic nitrogens is 2. The number of rotatable bonds is 5. The third-order valence-electron chi connectivity index (χ3n) is 4.15. The van der Waals surface area contributed by atoms with Crippen LogP contribution in [0.4, 0.5) is 13.2 Å². The second kappa shape index (κ2) is 7.40. The van der Waals surface area contributed by atoms with Crippen LogP contribution < -0.4 is 0 Å². The van der Waals surface area contributed by atoms with Crippen molar-refractivity contribution in [3.8, 4) is 11.6 Å². The van der Waals surface area contributed by atoms with E-state index in [1.54, 1.807) is 13.1 Å². The van der Waals surface area contributed by atoms with Gasteiger partial charge in [0.2, 0.25) is 5.89 Å². The lowest BCUT2D eigenvalue weighted by Gasteiger charge is -2.11. The maximum absolute atomic E-state index is 12.6. The van der Waals surface area contributed by atoms with Crippen LogP contribution >= 0.6 is 11.8 Å². The number of oxazole rings is 1. The minimum atomic E-state index is -4.38. The minimum Gasteiger partial charge on any atom is -0.440 e. The molecule has 1 fully saturated rings. The van der Waals surface area contributed by atoms with E-state index in [1.165, 1.54) is 18.2 Å². The van der Waals surface area contributed by atoms with E-state index in [0.717, 1.165) is 18.4 Å². The van der Waals surface area contributed by atoms with Crippen molar-refractivity contribution in [2.45, 2.75) is 41.0 Å². The molecule has 0 saturated heterocycles. The number of thioether (sulfide) groups is 1. The van der Waals surface area contributed by atoms with E-state index in [1.807, 2.05) is 6.07 Å². The molecular weight excluding hydrogens is 411 g/mol. The van der Waals surface area contributed by atoms with Crippen LogP contribution in [0.25, 0.3) is 22.7 Å². The van der Waals surface area contributed by atoms with Crippen LogP contribution in [0.3, 0.4) is 0 Å². The summed E-state index contributed by atoms with van der Waals surface area (Å²) < 4.78 is 60.1. The molecule has 0 spiro atoms. The number of alkyl halides is 3. The maximum Gasteiger partial charge on any atom is 0.446 e. The van der Waals surface area contributed by atoms with Crippen LogP contribution in [-0.2, 0) is 14.8 Å². The molecule has 3 aromatic rings. The molecule has 1 saturated carbocycles. The van der Waals surface area contributed by atoms with E-state index >= 15 is 0 Å². The smallest absolute Gasteiger partial charge is 0.440 e. The van der Waals surface area contributed by atoms with Gasteiger partial charge in [0.15, 0.2) is 5.58 Å². The first-order valence-corrected chi connectivity index (χ1v) is 10.5. The quantitative estimate of drug-likeness (QED) is 0.375. The summed E-state index contributed by atoms with van der Waals surface area (Å²) in [6, 6.07) is 5.89. The van der Waals surface area contributed by atoms with Crippen LogP contribution in [-0.4, -0.2) is 22.0 Å². The van der Waals surface area contributed by atoms with E-state index in [-0.39, 0.29) is 28.1 Å². The number of pyridine rings is 1. The standard InChI is InChI=1S/C18H15F3N3O2S2/c1-2-23-28(25)15-7-11(10-3-4-10)9-22-16(15)17-24-13-8-12(27-18(19,20)21)5-6-14(13)26-17/h5-10H,2-4H2,1H3/q-1. The van der Waals surface area contributed by atoms with Crippen molar-refractivity contribution < 1.29 is 21.8 Å². The summed E-state index contributed by atoms with van der Waals surface area (Å²) in [6.07, 6.45) is 3.85. The van der Waals surface area contributed by atoms with Crippen LogP contribution in [0.5, 0.6) is 0 Å².